The highest BCUT2D eigenvalue weighted by atomic mass is 32.2. The number of nitrogens with zero attached hydrogens (tertiary/aromatic N) is 1. The molecule has 0 saturated carbocycles. The number of fused-ring (bicyclic) bond motifs is 2. The second-order valence-electron chi connectivity index (χ2n) is 5.72. The Morgan fingerprint density at radius 2 is 2.11 bits per heavy atom. The molecule has 3 rings (SSSR count). The Bertz CT molecular complexity index is 571. The van der Waals surface area contributed by atoms with Gasteiger partial charge in [0.25, 0.3) is 0 Å². The van der Waals surface area contributed by atoms with Crippen molar-refractivity contribution in [3.63, 3.8) is 0 Å². The number of hydrogen-bond donors (Lipinski definition) is 1. The molecule has 2 aliphatic rings. The summed E-state index contributed by atoms with van der Waals surface area (Å²) in [6, 6.07) is 7.78. The summed E-state index contributed by atoms with van der Waals surface area (Å²) in [5, 5.41) is 0. The Labute approximate surface area is 114 Å². The summed E-state index contributed by atoms with van der Waals surface area (Å²) in [7, 11) is -3.24. The topological polar surface area (TPSA) is 49.4 Å². The highest BCUT2D eigenvalue weighted by molar-refractivity contribution is 7.88. The zero-order chi connectivity index (χ0) is 13.5. The SMILES string of the molecule is Cc1ccccc1CS(=O)(=O)NC1CN2CCC1C2. The fraction of sp³-hybridized carbons (Fsp3) is 0.571. The average molecular weight is 280 g/mol. The number of piperidine rings is 1. The molecule has 0 radical (unpaired) electrons. The Kier molecular flexibility index (Phi) is 3.37. The second kappa shape index (κ2) is 4.89. The normalized spacial score (nSPS) is 29.8. The van der Waals surface area contributed by atoms with Crippen LogP contribution in [0, 0.1) is 12.8 Å². The molecule has 2 aliphatic heterocycles. The molecule has 1 aromatic rings. The molecule has 5 heteroatoms. The van der Waals surface area contributed by atoms with Crippen molar-refractivity contribution in [3.8, 4) is 0 Å². The summed E-state index contributed by atoms with van der Waals surface area (Å²) in [5.74, 6) is 0.592. The van der Waals surface area contributed by atoms with E-state index < -0.39 is 10.0 Å². The molecule has 104 valence electrons. The minimum absolute atomic E-state index is 0.0862. The lowest BCUT2D eigenvalue weighted by atomic mass is 10.0. The quantitative estimate of drug-likeness (QED) is 0.899. The smallest absolute Gasteiger partial charge is 0.216 e. The largest absolute Gasteiger partial charge is 0.301 e. The molecule has 2 saturated heterocycles. The van der Waals surface area contributed by atoms with Gasteiger partial charge in [-0.1, -0.05) is 24.3 Å². The third-order valence-corrected chi connectivity index (χ3v) is 5.62. The highest BCUT2D eigenvalue weighted by Crippen LogP contribution is 2.28. The zero-order valence-electron chi connectivity index (χ0n) is 11.2. The van der Waals surface area contributed by atoms with Crippen molar-refractivity contribution < 1.29 is 8.42 Å². The van der Waals surface area contributed by atoms with E-state index in [1.807, 2.05) is 31.2 Å². The van der Waals surface area contributed by atoms with Crippen LogP contribution in [-0.2, 0) is 15.8 Å². The Balaban J connectivity index is 1.68. The van der Waals surface area contributed by atoms with Gasteiger partial charge < -0.3 is 4.90 Å². The van der Waals surface area contributed by atoms with E-state index >= 15 is 0 Å². The molecule has 2 fully saturated rings. The summed E-state index contributed by atoms with van der Waals surface area (Å²) in [4.78, 5) is 2.34. The van der Waals surface area contributed by atoms with Crippen molar-refractivity contribution in [1.29, 1.82) is 0 Å². The molecule has 0 aliphatic carbocycles. The van der Waals surface area contributed by atoms with Gasteiger partial charge in [0.05, 0.1) is 5.75 Å². The van der Waals surface area contributed by atoms with Crippen molar-refractivity contribution in [2.45, 2.75) is 25.1 Å². The van der Waals surface area contributed by atoms with E-state index in [1.165, 1.54) is 0 Å². The molecule has 2 heterocycles. The minimum Gasteiger partial charge on any atom is -0.301 e. The number of nitrogens with one attached hydrogen (secondary N) is 1. The molecule has 4 nitrogen and oxygen atoms in total. The number of aryl methyl sites for hydroxylation is 1. The minimum atomic E-state index is -3.24. The summed E-state index contributed by atoms with van der Waals surface area (Å²) in [6.45, 7) is 5.00. The first-order valence-corrected chi connectivity index (χ1v) is 8.45. The van der Waals surface area contributed by atoms with Crippen LogP contribution in [0.5, 0.6) is 0 Å². The van der Waals surface area contributed by atoms with Crippen LogP contribution >= 0.6 is 0 Å². The van der Waals surface area contributed by atoms with E-state index in [2.05, 4.69) is 9.62 Å². The Morgan fingerprint density at radius 3 is 2.74 bits per heavy atom. The highest BCUT2D eigenvalue weighted by Gasteiger charge is 2.39. The monoisotopic (exact) mass is 280 g/mol. The zero-order valence-corrected chi connectivity index (χ0v) is 12.0. The van der Waals surface area contributed by atoms with E-state index in [9.17, 15) is 8.42 Å². The Hall–Kier alpha value is -0.910. The number of sulfonamides is 1. The molecular formula is C14H20N2O2S. The van der Waals surface area contributed by atoms with Crippen LogP contribution in [0.4, 0.5) is 0 Å². The van der Waals surface area contributed by atoms with E-state index in [0.717, 1.165) is 37.2 Å². The van der Waals surface area contributed by atoms with E-state index in [4.69, 9.17) is 0 Å². The predicted octanol–water partition coefficient (Wildman–Crippen LogP) is 1.12. The van der Waals surface area contributed by atoms with E-state index in [1.54, 1.807) is 0 Å². The maximum Gasteiger partial charge on any atom is 0.216 e. The summed E-state index contributed by atoms with van der Waals surface area (Å²) in [6.07, 6.45) is 1.12. The van der Waals surface area contributed by atoms with Gasteiger partial charge >= 0.3 is 0 Å². The molecule has 0 amide bonds. The predicted molar refractivity (Wildman–Crippen MR) is 75.3 cm³/mol. The Morgan fingerprint density at radius 1 is 1.32 bits per heavy atom. The first-order chi connectivity index (χ1) is 9.03. The number of rotatable bonds is 4. The van der Waals surface area contributed by atoms with Gasteiger partial charge in [0.15, 0.2) is 0 Å². The lowest BCUT2D eigenvalue weighted by molar-refractivity contribution is 0.335. The van der Waals surface area contributed by atoms with E-state index in [-0.39, 0.29) is 11.8 Å². The maximum atomic E-state index is 12.3. The lowest BCUT2D eigenvalue weighted by Gasteiger charge is -2.23. The first-order valence-electron chi connectivity index (χ1n) is 6.80. The molecular weight excluding hydrogens is 260 g/mol. The third-order valence-electron chi connectivity index (χ3n) is 4.27. The molecule has 19 heavy (non-hydrogen) atoms. The van der Waals surface area contributed by atoms with Gasteiger partial charge in [0, 0.05) is 19.1 Å². The summed E-state index contributed by atoms with van der Waals surface area (Å²) in [5.41, 5.74) is 1.92. The van der Waals surface area contributed by atoms with Gasteiger partial charge in [-0.05, 0) is 36.9 Å². The van der Waals surface area contributed by atoms with Gasteiger partial charge in [-0.2, -0.15) is 0 Å². The van der Waals surface area contributed by atoms with Crippen molar-refractivity contribution in [2.75, 3.05) is 19.6 Å². The average Bonchev–Trinajstić information content (AvgIpc) is 2.93. The van der Waals surface area contributed by atoms with Crippen LogP contribution in [0.3, 0.4) is 0 Å². The van der Waals surface area contributed by atoms with E-state index in [0.29, 0.717) is 5.92 Å². The van der Waals surface area contributed by atoms with Crippen LogP contribution in [0.2, 0.25) is 0 Å². The number of hydrogen-bond acceptors (Lipinski definition) is 3. The molecule has 1 aromatic carbocycles. The van der Waals surface area contributed by atoms with Gasteiger partial charge in [0.2, 0.25) is 10.0 Å². The third kappa shape index (κ3) is 2.83. The van der Waals surface area contributed by atoms with Gasteiger partial charge in [-0.25, -0.2) is 13.1 Å². The standard InChI is InChI=1S/C14H20N2O2S/c1-11-4-2-3-5-13(11)10-19(17,18)15-14-9-16-7-6-12(14)8-16/h2-5,12,14-15H,6-10H2,1H3. The summed E-state index contributed by atoms with van der Waals surface area (Å²) < 4.78 is 27.4. The molecule has 3 atom stereocenters. The van der Waals surface area contributed by atoms with Crippen LogP contribution in [0.25, 0.3) is 0 Å². The van der Waals surface area contributed by atoms with Crippen LogP contribution < -0.4 is 4.72 Å². The molecule has 1 N–H and O–H groups in total. The van der Waals surface area contributed by atoms with Crippen molar-refractivity contribution in [1.82, 2.24) is 9.62 Å². The van der Waals surface area contributed by atoms with Crippen LogP contribution in [0.1, 0.15) is 17.5 Å². The molecule has 0 aromatic heterocycles. The fourth-order valence-corrected chi connectivity index (χ4v) is 4.71. The maximum absolute atomic E-state index is 12.3. The summed E-state index contributed by atoms with van der Waals surface area (Å²) >= 11 is 0. The van der Waals surface area contributed by atoms with Crippen LogP contribution in [0.15, 0.2) is 24.3 Å². The molecule has 0 spiro atoms. The van der Waals surface area contributed by atoms with Crippen molar-refractivity contribution in [3.05, 3.63) is 35.4 Å². The van der Waals surface area contributed by atoms with Crippen molar-refractivity contribution >= 4 is 10.0 Å². The van der Waals surface area contributed by atoms with Crippen LogP contribution in [-0.4, -0.2) is 39.0 Å². The second-order valence-corrected chi connectivity index (χ2v) is 7.47. The van der Waals surface area contributed by atoms with Gasteiger partial charge in [-0.15, -0.1) is 0 Å². The van der Waals surface area contributed by atoms with Gasteiger partial charge in [0.1, 0.15) is 0 Å². The number of benzene rings is 1. The fourth-order valence-electron chi connectivity index (χ4n) is 3.17. The van der Waals surface area contributed by atoms with Crippen molar-refractivity contribution in [2.24, 2.45) is 5.92 Å². The lowest BCUT2D eigenvalue weighted by Crippen LogP contribution is -2.43. The van der Waals surface area contributed by atoms with Gasteiger partial charge in [-0.3, -0.25) is 0 Å². The molecule has 2 bridgehead atoms. The first kappa shape index (κ1) is 13.1. The molecule has 3 unspecified atom stereocenters.